The molecule has 0 spiro atoms. The molecule has 2 aromatic heterocycles. The topological polar surface area (TPSA) is 69.2 Å². The standard InChI is InChI=1S/C22H21N3O3/c1-13-10-14(2)20(26)16(11-13)25-12-17-18(19(25)15-8-6-5-7-9-15)21(27)24(4)22(28)23(17)3/h5-12,26H,1-4H3. The molecule has 0 amide bonds. The molecular formula is C22H21N3O3. The average molecular weight is 375 g/mol. The largest absolute Gasteiger partial charge is 0.505 e. The van der Waals surface area contributed by atoms with Gasteiger partial charge in [0, 0.05) is 20.3 Å². The number of aromatic hydroxyl groups is 1. The summed E-state index contributed by atoms with van der Waals surface area (Å²) in [4.78, 5) is 25.5. The van der Waals surface area contributed by atoms with Crippen LogP contribution in [0.15, 0.2) is 58.3 Å². The molecule has 0 unspecified atom stereocenters. The van der Waals surface area contributed by atoms with Crippen LogP contribution in [0.2, 0.25) is 0 Å². The molecule has 2 aromatic carbocycles. The van der Waals surface area contributed by atoms with Gasteiger partial charge in [0.25, 0.3) is 5.56 Å². The lowest BCUT2D eigenvalue weighted by molar-refractivity contribution is 0.468. The van der Waals surface area contributed by atoms with E-state index in [1.165, 1.54) is 11.6 Å². The van der Waals surface area contributed by atoms with Crippen LogP contribution in [0.1, 0.15) is 11.1 Å². The highest BCUT2D eigenvalue weighted by atomic mass is 16.3. The molecule has 28 heavy (non-hydrogen) atoms. The van der Waals surface area contributed by atoms with Crippen LogP contribution in [-0.4, -0.2) is 18.8 Å². The van der Waals surface area contributed by atoms with Crippen molar-refractivity contribution in [2.45, 2.75) is 13.8 Å². The van der Waals surface area contributed by atoms with Gasteiger partial charge in [-0.05, 0) is 36.6 Å². The Morgan fingerprint density at radius 2 is 1.61 bits per heavy atom. The summed E-state index contributed by atoms with van der Waals surface area (Å²) in [6.45, 7) is 3.79. The highest BCUT2D eigenvalue weighted by Gasteiger charge is 2.21. The molecule has 0 saturated heterocycles. The van der Waals surface area contributed by atoms with E-state index in [1.807, 2.05) is 56.3 Å². The van der Waals surface area contributed by atoms with Crippen LogP contribution in [-0.2, 0) is 14.1 Å². The highest BCUT2D eigenvalue weighted by Crippen LogP contribution is 2.35. The van der Waals surface area contributed by atoms with E-state index >= 15 is 0 Å². The number of fused-ring (bicyclic) bond motifs is 1. The SMILES string of the molecule is Cc1cc(C)c(O)c(-n2cc3c(c2-c2ccccc2)c(=O)n(C)c(=O)n3C)c1. The summed E-state index contributed by atoms with van der Waals surface area (Å²) in [6, 6.07) is 13.3. The van der Waals surface area contributed by atoms with Crippen molar-refractivity contribution in [1.29, 1.82) is 0 Å². The van der Waals surface area contributed by atoms with Gasteiger partial charge in [-0.25, -0.2) is 4.79 Å². The third-order valence-electron chi connectivity index (χ3n) is 5.17. The maximum atomic E-state index is 13.0. The Bertz CT molecular complexity index is 1340. The van der Waals surface area contributed by atoms with Gasteiger partial charge in [0.15, 0.2) is 0 Å². The van der Waals surface area contributed by atoms with E-state index in [1.54, 1.807) is 17.8 Å². The average Bonchev–Trinajstić information content (AvgIpc) is 3.08. The molecule has 1 N–H and O–H groups in total. The summed E-state index contributed by atoms with van der Waals surface area (Å²) in [5.74, 6) is 0.143. The first-order chi connectivity index (χ1) is 13.3. The zero-order valence-corrected chi connectivity index (χ0v) is 16.2. The summed E-state index contributed by atoms with van der Waals surface area (Å²) in [6.07, 6.45) is 1.74. The molecular weight excluding hydrogens is 354 g/mol. The Morgan fingerprint density at radius 1 is 0.929 bits per heavy atom. The minimum Gasteiger partial charge on any atom is -0.505 e. The van der Waals surface area contributed by atoms with Gasteiger partial charge in [-0.3, -0.25) is 13.9 Å². The number of hydrogen-bond acceptors (Lipinski definition) is 3. The third kappa shape index (κ3) is 2.49. The minimum absolute atomic E-state index is 0.143. The number of phenols is 1. The molecule has 6 heteroatoms. The molecule has 6 nitrogen and oxygen atoms in total. The number of rotatable bonds is 2. The number of aryl methyl sites for hydroxylation is 3. The van der Waals surface area contributed by atoms with Crippen LogP contribution in [0, 0.1) is 13.8 Å². The summed E-state index contributed by atoms with van der Waals surface area (Å²) >= 11 is 0. The van der Waals surface area contributed by atoms with Crippen molar-refractivity contribution in [3.05, 3.63) is 80.6 Å². The maximum Gasteiger partial charge on any atom is 0.330 e. The van der Waals surface area contributed by atoms with E-state index in [2.05, 4.69) is 0 Å². The van der Waals surface area contributed by atoms with Crippen LogP contribution in [0.5, 0.6) is 5.75 Å². The molecule has 0 fully saturated rings. The summed E-state index contributed by atoms with van der Waals surface area (Å²) in [5, 5.41) is 11.2. The van der Waals surface area contributed by atoms with E-state index in [0.29, 0.717) is 22.3 Å². The van der Waals surface area contributed by atoms with Gasteiger partial charge in [-0.1, -0.05) is 36.4 Å². The van der Waals surface area contributed by atoms with Crippen molar-refractivity contribution in [3.8, 4) is 22.7 Å². The molecule has 0 radical (unpaired) electrons. The quantitative estimate of drug-likeness (QED) is 0.586. The van der Waals surface area contributed by atoms with Crippen molar-refractivity contribution in [2.24, 2.45) is 14.1 Å². The van der Waals surface area contributed by atoms with Crippen LogP contribution < -0.4 is 11.2 Å². The predicted octanol–water partition coefficient (Wildman–Crippen LogP) is 3.02. The fourth-order valence-corrected chi connectivity index (χ4v) is 3.73. The van der Waals surface area contributed by atoms with E-state index < -0.39 is 0 Å². The monoisotopic (exact) mass is 375 g/mol. The zero-order valence-electron chi connectivity index (χ0n) is 16.2. The van der Waals surface area contributed by atoms with Gasteiger partial charge >= 0.3 is 5.69 Å². The van der Waals surface area contributed by atoms with Crippen LogP contribution in [0.3, 0.4) is 0 Å². The van der Waals surface area contributed by atoms with Crippen molar-refractivity contribution in [2.75, 3.05) is 0 Å². The summed E-state index contributed by atoms with van der Waals surface area (Å²) in [5.41, 5.74) is 3.54. The second-order valence-electron chi connectivity index (χ2n) is 7.13. The number of hydrogen-bond donors (Lipinski definition) is 1. The van der Waals surface area contributed by atoms with Gasteiger partial charge < -0.3 is 9.67 Å². The molecule has 2 heterocycles. The van der Waals surface area contributed by atoms with E-state index in [0.717, 1.165) is 21.3 Å². The molecule has 4 aromatic rings. The first-order valence-corrected chi connectivity index (χ1v) is 8.98. The smallest absolute Gasteiger partial charge is 0.330 e. The van der Waals surface area contributed by atoms with Gasteiger partial charge in [-0.2, -0.15) is 0 Å². The Balaban J connectivity index is 2.26. The Morgan fingerprint density at radius 3 is 2.29 bits per heavy atom. The van der Waals surface area contributed by atoms with Crippen molar-refractivity contribution >= 4 is 10.9 Å². The van der Waals surface area contributed by atoms with Crippen LogP contribution >= 0.6 is 0 Å². The summed E-state index contributed by atoms with van der Waals surface area (Å²) in [7, 11) is 3.12. The summed E-state index contributed by atoms with van der Waals surface area (Å²) < 4.78 is 4.37. The van der Waals surface area contributed by atoms with Crippen LogP contribution in [0.4, 0.5) is 0 Å². The van der Waals surface area contributed by atoms with Crippen molar-refractivity contribution in [3.63, 3.8) is 0 Å². The fourth-order valence-electron chi connectivity index (χ4n) is 3.73. The molecule has 0 atom stereocenters. The lowest BCUT2D eigenvalue weighted by Crippen LogP contribution is -2.36. The number of aromatic nitrogens is 3. The zero-order chi connectivity index (χ0) is 20.2. The lowest BCUT2D eigenvalue weighted by atomic mass is 10.1. The fraction of sp³-hybridized carbons (Fsp3) is 0.182. The Labute approximate surface area is 161 Å². The second-order valence-corrected chi connectivity index (χ2v) is 7.13. The maximum absolute atomic E-state index is 13.0. The highest BCUT2D eigenvalue weighted by molar-refractivity contribution is 5.95. The molecule has 0 aliphatic heterocycles. The second kappa shape index (κ2) is 6.27. The van der Waals surface area contributed by atoms with Crippen molar-refractivity contribution in [1.82, 2.24) is 13.7 Å². The molecule has 4 rings (SSSR count). The van der Waals surface area contributed by atoms with E-state index in [-0.39, 0.29) is 17.0 Å². The molecule has 0 aliphatic rings. The van der Waals surface area contributed by atoms with Gasteiger partial charge in [0.1, 0.15) is 5.75 Å². The Kier molecular flexibility index (Phi) is 4.00. The van der Waals surface area contributed by atoms with Gasteiger partial charge in [0.05, 0.1) is 22.3 Å². The van der Waals surface area contributed by atoms with E-state index in [9.17, 15) is 14.7 Å². The number of benzene rings is 2. The lowest BCUT2D eigenvalue weighted by Gasteiger charge is -2.14. The van der Waals surface area contributed by atoms with Crippen molar-refractivity contribution < 1.29 is 5.11 Å². The molecule has 0 aliphatic carbocycles. The molecule has 142 valence electrons. The minimum atomic E-state index is -0.390. The first-order valence-electron chi connectivity index (χ1n) is 8.98. The van der Waals surface area contributed by atoms with Gasteiger partial charge in [0.2, 0.25) is 0 Å². The van der Waals surface area contributed by atoms with E-state index in [4.69, 9.17) is 0 Å². The van der Waals surface area contributed by atoms with Crippen LogP contribution in [0.25, 0.3) is 27.8 Å². The number of nitrogens with zero attached hydrogens (tertiary/aromatic N) is 3. The van der Waals surface area contributed by atoms with Gasteiger partial charge in [-0.15, -0.1) is 0 Å². The molecule has 0 saturated carbocycles. The number of phenolic OH excluding ortho intramolecular Hbond substituents is 1. The predicted molar refractivity (Wildman–Crippen MR) is 110 cm³/mol. The molecule has 0 bridgehead atoms. The first kappa shape index (κ1) is 17.9. The third-order valence-corrected chi connectivity index (χ3v) is 5.17. The Hall–Kier alpha value is -3.54. The normalized spacial score (nSPS) is 11.3.